The number of amides is 1. The van der Waals surface area contributed by atoms with Crippen molar-refractivity contribution in [2.45, 2.75) is 13.0 Å². The van der Waals surface area contributed by atoms with Crippen LogP contribution in [0.15, 0.2) is 54.9 Å². The van der Waals surface area contributed by atoms with Crippen LogP contribution in [0.25, 0.3) is 11.3 Å². The number of hydrogen-bond donors (Lipinski definition) is 2. The fourth-order valence-corrected chi connectivity index (χ4v) is 4.27. The van der Waals surface area contributed by atoms with E-state index < -0.39 is 23.8 Å². The van der Waals surface area contributed by atoms with Gasteiger partial charge in [-0.25, -0.2) is 33.4 Å². The number of ketones is 1. The molecule has 6 rings (SSSR count). The van der Waals surface area contributed by atoms with Gasteiger partial charge >= 0.3 is 17.9 Å². The van der Waals surface area contributed by atoms with E-state index in [1.807, 2.05) is 12.1 Å². The minimum Gasteiger partial charge on any atom is -0.486 e. The third-order valence-electron chi connectivity index (χ3n) is 6.31. The minimum absolute atomic E-state index is 0.0161. The number of carboxylic acid groups (broad SMARTS) is 1. The molecule has 0 saturated heterocycles. The molecule has 44 heavy (non-hydrogen) atoms. The molecule has 5 heterocycles. The monoisotopic (exact) mass is 601 g/mol. The number of methoxy groups -OCH3 is 2. The number of carbonyl (C=O) groups is 5. The number of esters is 2. The van der Waals surface area contributed by atoms with Gasteiger partial charge in [-0.15, -0.1) is 0 Å². The lowest BCUT2D eigenvalue weighted by atomic mass is 10.0. The summed E-state index contributed by atoms with van der Waals surface area (Å²) in [6.07, 6.45) is 3.21. The van der Waals surface area contributed by atoms with Crippen molar-refractivity contribution < 1.29 is 43.3 Å². The van der Waals surface area contributed by atoms with Crippen LogP contribution in [0, 0.1) is 0 Å². The number of nitrogens with one attached hydrogen (secondary N) is 1. The number of nitrogens with zero attached hydrogens (tertiary/aromatic N) is 6. The van der Waals surface area contributed by atoms with Crippen LogP contribution >= 0.6 is 0 Å². The van der Waals surface area contributed by atoms with E-state index in [4.69, 9.17) is 14.6 Å². The highest BCUT2D eigenvalue weighted by Crippen LogP contribution is 2.24. The van der Waals surface area contributed by atoms with E-state index in [0.29, 0.717) is 17.8 Å². The first-order valence-corrected chi connectivity index (χ1v) is 12.8. The van der Waals surface area contributed by atoms with Crippen LogP contribution in [0.3, 0.4) is 0 Å². The Morgan fingerprint density at radius 2 is 1.48 bits per heavy atom. The zero-order valence-electron chi connectivity index (χ0n) is 23.2. The Hall–Kier alpha value is -6.19. The molecule has 0 bridgehead atoms. The van der Waals surface area contributed by atoms with Gasteiger partial charge < -0.3 is 24.6 Å². The second-order valence-electron chi connectivity index (χ2n) is 9.17. The maximum Gasteiger partial charge on any atom is 0.356 e. The molecule has 16 nitrogen and oxygen atoms in total. The number of Topliss-reactive ketones (excluding diaryl/α,β-unsaturated/α-hetero) is 1. The van der Waals surface area contributed by atoms with Gasteiger partial charge in [0.15, 0.2) is 34.2 Å². The van der Waals surface area contributed by atoms with Crippen LogP contribution in [-0.4, -0.2) is 84.7 Å². The predicted molar refractivity (Wildman–Crippen MR) is 147 cm³/mol. The first kappa shape index (κ1) is 29.3. The van der Waals surface area contributed by atoms with Crippen molar-refractivity contribution >= 4 is 40.9 Å². The fraction of sp³-hybridized carbons (Fsp3) is 0.179. The summed E-state index contributed by atoms with van der Waals surface area (Å²) in [4.78, 5) is 66.3. The third kappa shape index (κ3) is 6.03. The molecule has 0 aliphatic carbocycles. The number of rotatable bonds is 6. The maximum absolute atomic E-state index is 12.6. The summed E-state index contributed by atoms with van der Waals surface area (Å²) in [6, 6.07) is 11.0. The smallest absolute Gasteiger partial charge is 0.356 e. The highest BCUT2D eigenvalue weighted by atomic mass is 16.5. The molecular weight excluding hydrogens is 578 g/mol. The molecule has 0 saturated carbocycles. The SMILES string of the molecule is COC(=O)c1cc(C(=O)NCc2ccc3c(c2)CC(=O)CO3)nc2ccnn12.COC(=O)c1cc(C(=O)O)nc2ccnn12. The van der Waals surface area contributed by atoms with Gasteiger partial charge in [-0.2, -0.15) is 10.2 Å². The van der Waals surface area contributed by atoms with Crippen molar-refractivity contribution in [3.63, 3.8) is 0 Å². The number of aromatic carboxylic acids is 1. The summed E-state index contributed by atoms with van der Waals surface area (Å²) < 4.78 is 17.2. The normalized spacial score (nSPS) is 12.0. The van der Waals surface area contributed by atoms with Crippen LogP contribution in [0.1, 0.15) is 53.1 Å². The van der Waals surface area contributed by atoms with Gasteiger partial charge in [0, 0.05) is 42.8 Å². The van der Waals surface area contributed by atoms with Gasteiger partial charge in [0.25, 0.3) is 5.91 Å². The predicted octanol–water partition coefficient (Wildman–Crippen LogP) is 1.16. The fourth-order valence-electron chi connectivity index (χ4n) is 4.27. The van der Waals surface area contributed by atoms with Gasteiger partial charge in [-0.3, -0.25) is 9.59 Å². The van der Waals surface area contributed by atoms with Crippen molar-refractivity contribution in [1.82, 2.24) is 34.5 Å². The average molecular weight is 602 g/mol. The molecule has 1 aromatic carbocycles. The van der Waals surface area contributed by atoms with Crippen molar-refractivity contribution in [3.8, 4) is 5.75 Å². The summed E-state index contributed by atoms with van der Waals surface area (Å²) >= 11 is 0. The summed E-state index contributed by atoms with van der Waals surface area (Å²) in [7, 11) is 2.46. The molecule has 224 valence electrons. The lowest BCUT2D eigenvalue weighted by Gasteiger charge is -2.17. The Morgan fingerprint density at radius 3 is 2.07 bits per heavy atom. The quantitative estimate of drug-likeness (QED) is 0.262. The Kier molecular flexibility index (Phi) is 8.23. The van der Waals surface area contributed by atoms with Crippen LogP contribution in [0.5, 0.6) is 5.75 Å². The van der Waals surface area contributed by atoms with E-state index in [1.165, 1.54) is 47.8 Å². The molecule has 5 aromatic rings. The second kappa shape index (κ2) is 12.4. The first-order chi connectivity index (χ1) is 21.2. The molecule has 0 atom stereocenters. The maximum atomic E-state index is 12.6. The molecule has 4 aromatic heterocycles. The van der Waals surface area contributed by atoms with E-state index in [0.717, 1.165) is 17.2 Å². The third-order valence-corrected chi connectivity index (χ3v) is 6.31. The highest BCUT2D eigenvalue weighted by Gasteiger charge is 2.20. The number of hydrogen-bond acceptors (Lipinski definition) is 12. The van der Waals surface area contributed by atoms with Crippen LogP contribution < -0.4 is 10.1 Å². The standard InChI is InChI=1S/C19H16N4O5.C9H7N3O4/c1-27-19(26)15-8-14(22-17-4-5-21-23(15)17)18(25)20-9-11-2-3-16-12(6-11)7-13(24)10-28-16;1-16-9(15)6-4-5(8(13)14)11-7-2-3-10-12(6)7/h2-6,8H,7,9-10H2,1H3,(H,20,25);2-4H,1H3,(H,13,14). The lowest BCUT2D eigenvalue weighted by molar-refractivity contribution is -0.121. The molecule has 1 amide bonds. The summed E-state index contributed by atoms with van der Waals surface area (Å²) in [5, 5.41) is 19.4. The summed E-state index contributed by atoms with van der Waals surface area (Å²) in [5.74, 6) is -2.25. The van der Waals surface area contributed by atoms with Gasteiger partial charge in [0.2, 0.25) is 0 Å². The number of benzene rings is 1. The Morgan fingerprint density at radius 1 is 0.886 bits per heavy atom. The van der Waals surface area contributed by atoms with Crippen LogP contribution in [-0.2, 0) is 27.2 Å². The molecule has 0 fully saturated rings. The van der Waals surface area contributed by atoms with Crippen molar-refractivity contribution in [2.75, 3.05) is 20.8 Å². The van der Waals surface area contributed by atoms with Crippen LogP contribution in [0.4, 0.5) is 0 Å². The number of ether oxygens (including phenoxy) is 3. The highest BCUT2D eigenvalue weighted by molar-refractivity contribution is 5.96. The van der Waals surface area contributed by atoms with E-state index in [-0.39, 0.29) is 47.4 Å². The molecule has 16 heteroatoms. The van der Waals surface area contributed by atoms with Crippen molar-refractivity contribution in [3.05, 3.63) is 88.8 Å². The van der Waals surface area contributed by atoms with E-state index >= 15 is 0 Å². The first-order valence-electron chi connectivity index (χ1n) is 12.8. The van der Waals surface area contributed by atoms with Gasteiger partial charge in [-0.05, 0) is 17.7 Å². The molecule has 2 N–H and O–H groups in total. The van der Waals surface area contributed by atoms with Crippen LogP contribution in [0.2, 0.25) is 0 Å². The molecule has 1 aliphatic rings. The number of carboxylic acids is 1. The van der Waals surface area contributed by atoms with Crippen molar-refractivity contribution in [2.24, 2.45) is 0 Å². The lowest BCUT2D eigenvalue weighted by Crippen LogP contribution is -2.25. The molecule has 0 unspecified atom stereocenters. The Labute approximate surface area is 247 Å². The number of fused-ring (bicyclic) bond motifs is 3. The molecular formula is C28H23N7O9. The minimum atomic E-state index is -1.21. The van der Waals surface area contributed by atoms with Crippen molar-refractivity contribution in [1.29, 1.82) is 0 Å². The van der Waals surface area contributed by atoms with Gasteiger partial charge in [0.1, 0.15) is 18.1 Å². The van der Waals surface area contributed by atoms with E-state index in [1.54, 1.807) is 12.1 Å². The summed E-state index contributed by atoms with van der Waals surface area (Å²) in [6.45, 7) is 0.328. The number of aromatic nitrogens is 6. The zero-order chi connectivity index (χ0) is 31.4. The van der Waals surface area contributed by atoms with E-state index in [2.05, 4.69) is 30.2 Å². The largest absolute Gasteiger partial charge is 0.486 e. The Balaban J connectivity index is 0.000000204. The second-order valence-corrected chi connectivity index (χ2v) is 9.17. The molecule has 1 aliphatic heterocycles. The Bertz CT molecular complexity index is 1950. The van der Waals surface area contributed by atoms with Gasteiger partial charge in [0.05, 0.1) is 26.6 Å². The summed E-state index contributed by atoms with van der Waals surface area (Å²) in [5.41, 5.74) is 2.23. The molecule has 0 spiro atoms. The average Bonchev–Trinajstić information content (AvgIpc) is 3.71. The topological polar surface area (TPSA) is 206 Å². The molecule has 0 radical (unpaired) electrons. The number of carbonyl (C=O) groups excluding carboxylic acids is 4. The zero-order valence-corrected chi connectivity index (χ0v) is 23.2. The van der Waals surface area contributed by atoms with Gasteiger partial charge in [-0.1, -0.05) is 6.07 Å². The van der Waals surface area contributed by atoms with E-state index in [9.17, 15) is 24.0 Å².